The maximum Gasteiger partial charge on any atom is 0.239 e. The molecule has 2 aliphatic heterocycles. The summed E-state index contributed by atoms with van der Waals surface area (Å²) in [7, 11) is 0. The van der Waals surface area contributed by atoms with E-state index in [0.29, 0.717) is 25.6 Å². The standard InChI is InChI=1S/C13H22N2O3/c1-9-13(17,5-7-18-9)8-15-6-4-11(12(15)16)14-10-2-3-10/h9-11,14,17H,2-8H2,1H3. The lowest BCUT2D eigenvalue weighted by molar-refractivity contribution is -0.134. The van der Waals surface area contributed by atoms with Gasteiger partial charge < -0.3 is 20.1 Å². The molecule has 0 spiro atoms. The second kappa shape index (κ2) is 4.47. The number of β-amino-alcohol motifs (C(OH)–C–C–N with tert-alkyl or cyclic N) is 1. The zero-order valence-electron chi connectivity index (χ0n) is 10.9. The van der Waals surface area contributed by atoms with Crippen molar-refractivity contribution >= 4 is 5.91 Å². The topological polar surface area (TPSA) is 61.8 Å². The van der Waals surface area contributed by atoms with Crippen LogP contribution >= 0.6 is 0 Å². The maximum absolute atomic E-state index is 12.2. The molecule has 3 rings (SSSR count). The second-order valence-electron chi connectivity index (χ2n) is 5.91. The highest BCUT2D eigenvalue weighted by Gasteiger charge is 2.44. The van der Waals surface area contributed by atoms with Gasteiger partial charge in [-0.15, -0.1) is 0 Å². The molecule has 0 aromatic rings. The molecule has 102 valence electrons. The highest BCUT2D eigenvalue weighted by molar-refractivity contribution is 5.84. The number of rotatable bonds is 4. The molecule has 0 aromatic carbocycles. The monoisotopic (exact) mass is 254 g/mol. The van der Waals surface area contributed by atoms with Gasteiger partial charge in [0.25, 0.3) is 0 Å². The van der Waals surface area contributed by atoms with E-state index in [0.717, 1.165) is 13.0 Å². The van der Waals surface area contributed by atoms with Crippen LogP contribution in [0.25, 0.3) is 0 Å². The first-order chi connectivity index (χ1) is 8.58. The van der Waals surface area contributed by atoms with Crippen molar-refractivity contribution < 1.29 is 14.6 Å². The van der Waals surface area contributed by atoms with Crippen molar-refractivity contribution in [2.45, 2.75) is 56.4 Å². The molecule has 3 aliphatic rings. The van der Waals surface area contributed by atoms with Crippen LogP contribution in [0.3, 0.4) is 0 Å². The summed E-state index contributed by atoms with van der Waals surface area (Å²) >= 11 is 0. The van der Waals surface area contributed by atoms with Gasteiger partial charge in [0, 0.05) is 25.6 Å². The summed E-state index contributed by atoms with van der Waals surface area (Å²) in [5.74, 6) is 0.148. The molecule has 3 unspecified atom stereocenters. The number of ether oxygens (including phenoxy) is 1. The van der Waals surface area contributed by atoms with E-state index in [1.807, 2.05) is 6.92 Å². The Balaban J connectivity index is 1.58. The normalized spacial score (nSPS) is 40.8. The minimum absolute atomic E-state index is 0.0290. The Bertz CT molecular complexity index is 345. The molecule has 18 heavy (non-hydrogen) atoms. The van der Waals surface area contributed by atoms with E-state index >= 15 is 0 Å². The Morgan fingerprint density at radius 2 is 2.28 bits per heavy atom. The van der Waals surface area contributed by atoms with Crippen LogP contribution in [0.1, 0.15) is 32.6 Å². The van der Waals surface area contributed by atoms with Crippen molar-refractivity contribution in [2.24, 2.45) is 0 Å². The largest absolute Gasteiger partial charge is 0.385 e. The van der Waals surface area contributed by atoms with E-state index in [1.165, 1.54) is 12.8 Å². The predicted molar refractivity (Wildman–Crippen MR) is 66.1 cm³/mol. The molecule has 5 nitrogen and oxygen atoms in total. The highest BCUT2D eigenvalue weighted by Crippen LogP contribution is 2.29. The first-order valence-corrected chi connectivity index (χ1v) is 6.97. The van der Waals surface area contributed by atoms with Gasteiger partial charge in [0.15, 0.2) is 0 Å². The first kappa shape index (κ1) is 12.4. The van der Waals surface area contributed by atoms with Crippen molar-refractivity contribution in [3.8, 4) is 0 Å². The van der Waals surface area contributed by atoms with Gasteiger partial charge in [0.05, 0.1) is 18.7 Å². The number of likely N-dealkylation sites (tertiary alicyclic amines) is 1. The molecular formula is C13H22N2O3. The first-order valence-electron chi connectivity index (χ1n) is 6.97. The average Bonchev–Trinajstić information content (AvgIpc) is 3.01. The number of aliphatic hydroxyl groups is 1. The Kier molecular flexibility index (Phi) is 3.08. The number of carbonyl (C=O) groups excluding carboxylic acids is 1. The third-order valence-corrected chi connectivity index (χ3v) is 4.44. The Labute approximate surface area is 107 Å². The zero-order valence-corrected chi connectivity index (χ0v) is 10.9. The van der Waals surface area contributed by atoms with E-state index in [4.69, 9.17) is 4.74 Å². The Morgan fingerprint density at radius 1 is 1.50 bits per heavy atom. The van der Waals surface area contributed by atoms with Crippen molar-refractivity contribution in [2.75, 3.05) is 19.7 Å². The third kappa shape index (κ3) is 2.27. The van der Waals surface area contributed by atoms with Crippen LogP contribution in [0.5, 0.6) is 0 Å². The summed E-state index contributed by atoms with van der Waals surface area (Å²) < 4.78 is 5.41. The fourth-order valence-corrected chi connectivity index (χ4v) is 2.89. The molecule has 0 aromatic heterocycles. The van der Waals surface area contributed by atoms with Crippen molar-refractivity contribution in [3.63, 3.8) is 0 Å². The number of nitrogens with one attached hydrogen (secondary N) is 1. The van der Waals surface area contributed by atoms with E-state index in [9.17, 15) is 9.90 Å². The molecule has 2 saturated heterocycles. The number of nitrogens with zero attached hydrogens (tertiary/aromatic N) is 1. The predicted octanol–water partition coefficient (Wildman–Crippen LogP) is -0.121. The lowest BCUT2D eigenvalue weighted by Gasteiger charge is -2.31. The quantitative estimate of drug-likeness (QED) is 0.734. The minimum Gasteiger partial charge on any atom is -0.385 e. The summed E-state index contributed by atoms with van der Waals surface area (Å²) in [5.41, 5.74) is -0.857. The van der Waals surface area contributed by atoms with E-state index in [1.54, 1.807) is 4.90 Å². The van der Waals surface area contributed by atoms with Crippen LogP contribution in [-0.4, -0.2) is 59.4 Å². The number of amides is 1. The molecule has 0 bridgehead atoms. The van der Waals surface area contributed by atoms with Crippen molar-refractivity contribution in [1.29, 1.82) is 0 Å². The molecule has 0 radical (unpaired) electrons. The van der Waals surface area contributed by atoms with Gasteiger partial charge >= 0.3 is 0 Å². The van der Waals surface area contributed by atoms with Crippen LogP contribution in [-0.2, 0) is 9.53 Å². The zero-order chi connectivity index (χ0) is 12.8. The highest BCUT2D eigenvalue weighted by atomic mass is 16.5. The summed E-state index contributed by atoms with van der Waals surface area (Å²) in [5, 5.41) is 13.9. The third-order valence-electron chi connectivity index (χ3n) is 4.44. The maximum atomic E-state index is 12.2. The van der Waals surface area contributed by atoms with Crippen LogP contribution in [0.15, 0.2) is 0 Å². The molecular weight excluding hydrogens is 232 g/mol. The van der Waals surface area contributed by atoms with Gasteiger partial charge in [-0.25, -0.2) is 0 Å². The molecule has 1 aliphatic carbocycles. The van der Waals surface area contributed by atoms with E-state index in [2.05, 4.69) is 5.32 Å². The number of carbonyl (C=O) groups is 1. The lowest BCUT2D eigenvalue weighted by atomic mass is 9.96. The van der Waals surface area contributed by atoms with E-state index < -0.39 is 5.60 Å². The van der Waals surface area contributed by atoms with Crippen molar-refractivity contribution in [1.82, 2.24) is 10.2 Å². The Hall–Kier alpha value is -0.650. The molecule has 1 saturated carbocycles. The van der Waals surface area contributed by atoms with Crippen LogP contribution < -0.4 is 5.32 Å². The van der Waals surface area contributed by atoms with E-state index in [-0.39, 0.29) is 18.1 Å². The molecule has 2 heterocycles. The summed E-state index contributed by atoms with van der Waals surface area (Å²) in [6, 6.07) is 0.523. The lowest BCUT2D eigenvalue weighted by Crippen LogP contribution is -2.50. The molecule has 2 N–H and O–H groups in total. The summed E-state index contributed by atoms with van der Waals surface area (Å²) in [6.07, 6.45) is 3.69. The van der Waals surface area contributed by atoms with Gasteiger partial charge in [-0.05, 0) is 26.2 Å². The SMILES string of the molecule is CC1OCCC1(O)CN1CCC(NC2CC2)C1=O. The molecule has 5 heteroatoms. The van der Waals surface area contributed by atoms with Crippen LogP contribution in [0.2, 0.25) is 0 Å². The number of hydrogen-bond acceptors (Lipinski definition) is 4. The number of hydrogen-bond donors (Lipinski definition) is 2. The molecule has 3 atom stereocenters. The van der Waals surface area contributed by atoms with Crippen LogP contribution in [0.4, 0.5) is 0 Å². The van der Waals surface area contributed by atoms with Gasteiger partial charge in [0.1, 0.15) is 5.60 Å². The smallest absolute Gasteiger partial charge is 0.239 e. The van der Waals surface area contributed by atoms with Gasteiger partial charge in [-0.3, -0.25) is 4.79 Å². The Morgan fingerprint density at radius 3 is 2.89 bits per heavy atom. The molecule has 3 fully saturated rings. The second-order valence-corrected chi connectivity index (χ2v) is 5.91. The summed E-state index contributed by atoms with van der Waals surface area (Å²) in [4.78, 5) is 14.0. The van der Waals surface area contributed by atoms with Crippen molar-refractivity contribution in [3.05, 3.63) is 0 Å². The minimum atomic E-state index is -0.857. The fourth-order valence-electron chi connectivity index (χ4n) is 2.89. The fraction of sp³-hybridized carbons (Fsp3) is 0.923. The molecule has 1 amide bonds. The average molecular weight is 254 g/mol. The van der Waals surface area contributed by atoms with Gasteiger partial charge in [-0.1, -0.05) is 0 Å². The van der Waals surface area contributed by atoms with Gasteiger partial charge in [0.2, 0.25) is 5.91 Å². The van der Waals surface area contributed by atoms with Gasteiger partial charge in [-0.2, -0.15) is 0 Å². The summed E-state index contributed by atoms with van der Waals surface area (Å²) in [6.45, 7) is 3.63. The van der Waals surface area contributed by atoms with Crippen LogP contribution in [0, 0.1) is 0 Å².